The van der Waals surface area contributed by atoms with Crippen LogP contribution in [0.5, 0.6) is 0 Å². The normalized spacial score (nSPS) is 11.3. The minimum absolute atomic E-state index is 0.0414. The van der Waals surface area contributed by atoms with Gasteiger partial charge >= 0.3 is 5.97 Å². The number of esters is 1. The van der Waals surface area contributed by atoms with Crippen molar-refractivity contribution in [2.24, 2.45) is 0 Å². The van der Waals surface area contributed by atoms with E-state index in [9.17, 15) is 9.59 Å². The molecule has 5 nitrogen and oxygen atoms in total. The molecule has 0 aliphatic carbocycles. The summed E-state index contributed by atoms with van der Waals surface area (Å²) in [6.07, 6.45) is 3.27. The summed E-state index contributed by atoms with van der Waals surface area (Å²) in [7, 11) is 1.24. The Kier molecular flexibility index (Phi) is 5.52. The van der Waals surface area contributed by atoms with Gasteiger partial charge in [-0.05, 0) is 37.3 Å². The Labute approximate surface area is 161 Å². The molecule has 0 spiro atoms. The molecular weight excluding hydrogens is 364 g/mol. The van der Waals surface area contributed by atoms with Crippen LogP contribution in [0.2, 0.25) is 5.02 Å². The third-order valence-electron chi connectivity index (χ3n) is 3.97. The maximum atomic E-state index is 12.0. The molecule has 0 atom stereocenters. The zero-order valence-corrected chi connectivity index (χ0v) is 15.6. The lowest BCUT2D eigenvalue weighted by atomic mass is 10.0. The van der Waals surface area contributed by atoms with E-state index in [2.05, 4.69) is 5.10 Å². The number of ether oxygens (including phenoxy) is 1. The van der Waals surface area contributed by atoms with Gasteiger partial charge in [0.2, 0.25) is 0 Å². The van der Waals surface area contributed by atoms with Crippen molar-refractivity contribution in [3.63, 3.8) is 0 Å². The number of aromatic nitrogens is 2. The van der Waals surface area contributed by atoms with Crippen molar-refractivity contribution < 1.29 is 14.3 Å². The Morgan fingerprint density at radius 3 is 2.33 bits per heavy atom. The van der Waals surface area contributed by atoms with Gasteiger partial charge < -0.3 is 4.74 Å². The number of methoxy groups -OCH3 is 1. The van der Waals surface area contributed by atoms with Crippen LogP contribution in [0.25, 0.3) is 23.0 Å². The summed E-state index contributed by atoms with van der Waals surface area (Å²) in [6.45, 7) is 1.33. The quantitative estimate of drug-likeness (QED) is 0.286. The van der Waals surface area contributed by atoms with Gasteiger partial charge in [0.15, 0.2) is 5.78 Å². The van der Waals surface area contributed by atoms with Gasteiger partial charge in [-0.3, -0.25) is 4.79 Å². The van der Waals surface area contributed by atoms with Gasteiger partial charge in [0.25, 0.3) is 0 Å². The van der Waals surface area contributed by atoms with E-state index in [-0.39, 0.29) is 11.4 Å². The van der Waals surface area contributed by atoms with Crippen LogP contribution in [0, 0.1) is 0 Å². The molecule has 0 amide bonds. The Morgan fingerprint density at radius 1 is 1.07 bits per heavy atom. The summed E-state index contributed by atoms with van der Waals surface area (Å²) in [6, 6.07) is 16.8. The highest BCUT2D eigenvalue weighted by Gasteiger charge is 2.18. The number of hydrogen-bond donors (Lipinski definition) is 0. The van der Waals surface area contributed by atoms with E-state index in [1.165, 1.54) is 20.1 Å². The summed E-state index contributed by atoms with van der Waals surface area (Å²) in [5.74, 6) is -1.06. The fourth-order valence-corrected chi connectivity index (χ4v) is 2.73. The summed E-state index contributed by atoms with van der Waals surface area (Å²) >= 11 is 5.98. The molecule has 0 fully saturated rings. The van der Waals surface area contributed by atoms with Crippen molar-refractivity contribution in [1.29, 1.82) is 0 Å². The number of rotatable bonds is 5. The summed E-state index contributed by atoms with van der Waals surface area (Å²) in [5, 5.41) is 5.25. The highest BCUT2D eigenvalue weighted by atomic mass is 35.5. The Bertz CT molecular complexity index is 1010. The SMILES string of the molecule is COC(=O)/C(=C\c1cn(-c2ccccc2)nc1-c1ccc(Cl)cc1)C(C)=O. The third kappa shape index (κ3) is 4.15. The Morgan fingerprint density at radius 2 is 1.74 bits per heavy atom. The van der Waals surface area contributed by atoms with Crippen molar-refractivity contribution in [2.45, 2.75) is 6.92 Å². The van der Waals surface area contributed by atoms with Crippen LogP contribution >= 0.6 is 11.6 Å². The van der Waals surface area contributed by atoms with Crippen LogP contribution in [0.1, 0.15) is 12.5 Å². The predicted molar refractivity (Wildman–Crippen MR) is 105 cm³/mol. The average Bonchev–Trinajstić information content (AvgIpc) is 3.10. The van der Waals surface area contributed by atoms with Gasteiger partial charge in [0, 0.05) is 22.3 Å². The minimum atomic E-state index is -0.683. The number of ketones is 1. The largest absolute Gasteiger partial charge is 0.465 e. The van der Waals surface area contributed by atoms with Crippen LogP contribution in [0.15, 0.2) is 66.4 Å². The lowest BCUT2D eigenvalue weighted by molar-refractivity contribution is -0.137. The summed E-state index contributed by atoms with van der Waals surface area (Å²) in [4.78, 5) is 23.9. The van der Waals surface area contributed by atoms with E-state index in [0.717, 1.165) is 11.3 Å². The smallest absolute Gasteiger partial charge is 0.341 e. The first-order valence-corrected chi connectivity index (χ1v) is 8.59. The van der Waals surface area contributed by atoms with E-state index >= 15 is 0 Å². The zero-order chi connectivity index (χ0) is 19.4. The average molecular weight is 381 g/mol. The summed E-state index contributed by atoms with van der Waals surface area (Å²) < 4.78 is 6.43. The van der Waals surface area contributed by atoms with Crippen LogP contribution in [-0.2, 0) is 14.3 Å². The third-order valence-corrected chi connectivity index (χ3v) is 4.22. The van der Waals surface area contributed by atoms with Crippen LogP contribution in [-0.4, -0.2) is 28.6 Å². The second kappa shape index (κ2) is 8.01. The van der Waals surface area contributed by atoms with Crippen LogP contribution < -0.4 is 0 Å². The van der Waals surface area contributed by atoms with Gasteiger partial charge in [0.05, 0.1) is 18.5 Å². The lowest BCUT2D eigenvalue weighted by Gasteiger charge is -2.02. The monoisotopic (exact) mass is 380 g/mol. The summed E-state index contributed by atoms with van der Waals surface area (Å²) in [5.41, 5.74) is 2.87. The van der Waals surface area contributed by atoms with E-state index < -0.39 is 5.97 Å². The Hall–Kier alpha value is -3.18. The molecule has 136 valence electrons. The van der Waals surface area contributed by atoms with Gasteiger partial charge in [0.1, 0.15) is 5.57 Å². The van der Waals surface area contributed by atoms with Crippen molar-refractivity contribution in [3.8, 4) is 16.9 Å². The van der Waals surface area contributed by atoms with Crippen LogP contribution in [0.4, 0.5) is 0 Å². The van der Waals surface area contributed by atoms with Crippen molar-refractivity contribution in [3.05, 3.63) is 77.0 Å². The first-order valence-electron chi connectivity index (χ1n) is 8.21. The minimum Gasteiger partial charge on any atom is -0.465 e. The maximum absolute atomic E-state index is 12.0. The molecule has 2 aromatic carbocycles. The molecule has 0 N–H and O–H groups in total. The second-order valence-electron chi connectivity index (χ2n) is 5.83. The number of hydrogen-bond acceptors (Lipinski definition) is 4. The van der Waals surface area contributed by atoms with Crippen molar-refractivity contribution in [1.82, 2.24) is 9.78 Å². The number of para-hydroxylation sites is 1. The molecule has 1 heterocycles. The molecule has 0 bridgehead atoms. The van der Waals surface area contributed by atoms with E-state index in [0.29, 0.717) is 16.3 Å². The molecule has 0 radical (unpaired) electrons. The topological polar surface area (TPSA) is 61.2 Å². The molecule has 0 aliphatic heterocycles. The van der Waals surface area contributed by atoms with Crippen LogP contribution in [0.3, 0.4) is 0 Å². The first kappa shape index (κ1) is 18.6. The molecule has 3 rings (SSSR count). The number of nitrogens with zero attached hydrogens (tertiary/aromatic N) is 2. The second-order valence-corrected chi connectivity index (χ2v) is 6.26. The fraction of sp³-hybridized carbons (Fsp3) is 0.0952. The number of carbonyl (C=O) groups is 2. The van der Waals surface area contributed by atoms with Crippen molar-refractivity contribution in [2.75, 3.05) is 7.11 Å². The first-order chi connectivity index (χ1) is 13.0. The lowest BCUT2D eigenvalue weighted by Crippen LogP contribution is -2.11. The number of halogens is 1. The Balaban J connectivity index is 2.18. The molecule has 1 aromatic heterocycles. The van der Waals surface area contributed by atoms with Gasteiger partial charge in [-0.1, -0.05) is 41.9 Å². The molecule has 0 unspecified atom stereocenters. The fourth-order valence-electron chi connectivity index (χ4n) is 2.61. The molecule has 0 aliphatic rings. The number of carbonyl (C=O) groups excluding carboxylic acids is 2. The highest BCUT2D eigenvalue weighted by molar-refractivity contribution is 6.30. The molecule has 27 heavy (non-hydrogen) atoms. The zero-order valence-electron chi connectivity index (χ0n) is 14.8. The molecular formula is C21H17ClN2O3. The van der Waals surface area contributed by atoms with Crippen molar-refractivity contribution >= 4 is 29.4 Å². The van der Waals surface area contributed by atoms with E-state index in [1.54, 1.807) is 23.0 Å². The van der Waals surface area contributed by atoms with Gasteiger partial charge in [-0.25, -0.2) is 9.48 Å². The number of benzene rings is 2. The number of Topliss-reactive ketones (excluding diaryl/α,β-unsaturated/α-hetero) is 1. The molecule has 0 saturated carbocycles. The van der Waals surface area contributed by atoms with Gasteiger partial charge in [-0.15, -0.1) is 0 Å². The maximum Gasteiger partial charge on any atom is 0.341 e. The predicted octanol–water partition coefficient (Wildman–Crippen LogP) is 4.34. The molecule has 3 aromatic rings. The van der Waals surface area contributed by atoms with Gasteiger partial charge in [-0.2, -0.15) is 5.10 Å². The standard InChI is InChI=1S/C21H17ClN2O3/c1-14(25)19(21(26)27-2)12-16-13-24(18-6-4-3-5-7-18)23-20(16)15-8-10-17(22)11-9-15/h3-13H,1-2H3/b19-12-. The molecule has 6 heteroatoms. The van der Waals surface area contributed by atoms with E-state index in [4.69, 9.17) is 16.3 Å². The highest BCUT2D eigenvalue weighted by Crippen LogP contribution is 2.27. The van der Waals surface area contributed by atoms with E-state index in [1.807, 2.05) is 42.5 Å². The molecule has 0 saturated heterocycles.